The number of carbonyl (C=O) groups is 1. The normalized spacial score (nSPS) is 10.2. The van der Waals surface area contributed by atoms with E-state index in [1.165, 1.54) is 5.56 Å². The van der Waals surface area contributed by atoms with Gasteiger partial charge in [-0.25, -0.2) is 0 Å². The Hall–Kier alpha value is -1.56. The molecule has 0 saturated carbocycles. The van der Waals surface area contributed by atoms with Gasteiger partial charge in [0.15, 0.2) is 11.5 Å². The van der Waals surface area contributed by atoms with Gasteiger partial charge in [-0.05, 0) is 54.1 Å². The van der Waals surface area contributed by atoms with Gasteiger partial charge in [0.1, 0.15) is 12.9 Å². The van der Waals surface area contributed by atoms with Gasteiger partial charge in [-0.3, -0.25) is 4.79 Å². The molecule has 0 radical (unpaired) electrons. The Morgan fingerprint density at radius 2 is 2.00 bits per heavy atom. The number of aldehydes is 1. The second-order valence-corrected chi connectivity index (χ2v) is 5.82. The molecule has 0 aliphatic carbocycles. The van der Waals surface area contributed by atoms with Gasteiger partial charge >= 0.3 is 0 Å². The van der Waals surface area contributed by atoms with Crippen LogP contribution in [0.3, 0.4) is 0 Å². The highest BCUT2D eigenvalue weighted by atomic mass is 127. The van der Waals surface area contributed by atoms with Crippen molar-refractivity contribution in [2.75, 3.05) is 6.61 Å². The van der Waals surface area contributed by atoms with E-state index in [0.717, 1.165) is 15.4 Å². The summed E-state index contributed by atoms with van der Waals surface area (Å²) in [5.74, 6) is 1.30. The Balaban J connectivity index is 2.24. The number of carbonyl (C=O) groups excluding carboxylic acids is 1. The first kappa shape index (κ1) is 15.8. The zero-order valence-corrected chi connectivity index (χ0v) is 14.2. The average molecular weight is 396 g/mol. The Morgan fingerprint density at radius 1 is 1.19 bits per heavy atom. The van der Waals surface area contributed by atoms with Gasteiger partial charge in [0, 0.05) is 5.56 Å². The van der Waals surface area contributed by atoms with E-state index < -0.39 is 0 Å². The zero-order valence-electron chi connectivity index (χ0n) is 12.1. The Labute approximate surface area is 138 Å². The molecule has 0 bridgehead atoms. The third-order valence-electron chi connectivity index (χ3n) is 2.93. The summed E-state index contributed by atoms with van der Waals surface area (Å²) in [4.78, 5) is 10.9. The van der Waals surface area contributed by atoms with Crippen LogP contribution in [0.25, 0.3) is 0 Å². The number of ether oxygens (including phenoxy) is 2. The molecule has 2 aromatic carbocycles. The molecule has 0 aliphatic rings. The maximum atomic E-state index is 10.9. The quantitative estimate of drug-likeness (QED) is 0.537. The van der Waals surface area contributed by atoms with Crippen LogP contribution in [-0.4, -0.2) is 12.9 Å². The van der Waals surface area contributed by atoms with E-state index in [4.69, 9.17) is 9.47 Å². The van der Waals surface area contributed by atoms with E-state index in [0.29, 0.717) is 30.3 Å². The monoisotopic (exact) mass is 396 g/mol. The summed E-state index contributed by atoms with van der Waals surface area (Å²) in [6.07, 6.45) is 0.815. The fourth-order valence-electron chi connectivity index (χ4n) is 2.02. The lowest BCUT2D eigenvalue weighted by Crippen LogP contribution is -2.02. The molecule has 0 unspecified atom stereocenters. The third kappa shape index (κ3) is 4.20. The summed E-state index contributed by atoms with van der Waals surface area (Å²) in [6, 6.07) is 11.7. The van der Waals surface area contributed by atoms with Crippen molar-refractivity contribution < 1.29 is 14.3 Å². The molecule has 0 atom stereocenters. The highest BCUT2D eigenvalue weighted by Gasteiger charge is 2.12. The van der Waals surface area contributed by atoms with Crippen molar-refractivity contribution in [3.63, 3.8) is 0 Å². The molecule has 0 aromatic heterocycles. The predicted molar refractivity (Wildman–Crippen MR) is 91.2 cm³/mol. The lowest BCUT2D eigenvalue weighted by Gasteiger charge is -2.14. The van der Waals surface area contributed by atoms with E-state index in [2.05, 4.69) is 41.6 Å². The van der Waals surface area contributed by atoms with Crippen LogP contribution in [0.15, 0.2) is 36.4 Å². The highest BCUT2D eigenvalue weighted by Crippen LogP contribution is 2.34. The van der Waals surface area contributed by atoms with E-state index in [1.54, 1.807) is 12.1 Å². The van der Waals surface area contributed by atoms with Crippen molar-refractivity contribution >= 4 is 28.9 Å². The topological polar surface area (TPSA) is 35.5 Å². The van der Waals surface area contributed by atoms with E-state index in [9.17, 15) is 4.79 Å². The first-order valence-corrected chi connectivity index (χ1v) is 7.81. The summed E-state index contributed by atoms with van der Waals surface area (Å²) < 4.78 is 12.4. The molecule has 2 aromatic rings. The first-order chi connectivity index (χ1) is 10.1. The molecule has 4 heteroatoms. The predicted octanol–water partition coefficient (Wildman–Crippen LogP) is 4.39. The van der Waals surface area contributed by atoms with Gasteiger partial charge in [0.05, 0.1) is 10.2 Å². The van der Waals surface area contributed by atoms with Crippen LogP contribution in [-0.2, 0) is 6.61 Å². The summed E-state index contributed by atoms with van der Waals surface area (Å²) in [7, 11) is 0. The van der Waals surface area contributed by atoms with E-state index >= 15 is 0 Å². The molecule has 3 nitrogen and oxygen atoms in total. The smallest absolute Gasteiger partial charge is 0.175 e. The van der Waals surface area contributed by atoms with Crippen LogP contribution < -0.4 is 9.47 Å². The Bertz CT molecular complexity index is 638. The van der Waals surface area contributed by atoms with Gasteiger partial charge < -0.3 is 9.47 Å². The maximum Gasteiger partial charge on any atom is 0.175 e. The third-order valence-corrected chi connectivity index (χ3v) is 3.73. The molecule has 0 saturated heterocycles. The number of hydrogen-bond acceptors (Lipinski definition) is 3. The minimum atomic E-state index is 0.470. The largest absolute Gasteiger partial charge is 0.490 e. The van der Waals surface area contributed by atoms with E-state index in [-0.39, 0.29) is 0 Å². The molecule has 0 heterocycles. The number of benzene rings is 2. The highest BCUT2D eigenvalue weighted by molar-refractivity contribution is 14.1. The SMILES string of the molecule is CCOc1cc(C=O)cc(I)c1OCc1cccc(C)c1. The number of halogens is 1. The van der Waals surface area contributed by atoms with Crippen molar-refractivity contribution in [1.29, 1.82) is 0 Å². The summed E-state index contributed by atoms with van der Waals surface area (Å²) in [5.41, 5.74) is 2.89. The zero-order chi connectivity index (χ0) is 15.2. The second kappa shape index (κ2) is 7.45. The molecule has 0 N–H and O–H groups in total. The van der Waals surface area contributed by atoms with Crippen molar-refractivity contribution in [3.05, 3.63) is 56.7 Å². The maximum absolute atomic E-state index is 10.9. The fourth-order valence-corrected chi connectivity index (χ4v) is 2.80. The molecule has 0 fully saturated rings. The molecule has 0 amide bonds. The van der Waals surface area contributed by atoms with Crippen molar-refractivity contribution in [3.8, 4) is 11.5 Å². The van der Waals surface area contributed by atoms with Gasteiger partial charge in [-0.1, -0.05) is 29.8 Å². The Kier molecular flexibility index (Phi) is 5.61. The van der Waals surface area contributed by atoms with Gasteiger partial charge in [0.2, 0.25) is 0 Å². The van der Waals surface area contributed by atoms with Gasteiger partial charge in [0.25, 0.3) is 0 Å². The minimum absolute atomic E-state index is 0.470. The summed E-state index contributed by atoms with van der Waals surface area (Å²) >= 11 is 2.16. The molecule has 110 valence electrons. The summed E-state index contributed by atoms with van der Waals surface area (Å²) in [6.45, 7) is 4.96. The molecule has 21 heavy (non-hydrogen) atoms. The lowest BCUT2D eigenvalue weighted by atomic mass is 10.1. The van der Waals surface area contributed by atoms with Crippen LogP contribution in [0.1, 0.15) is 28.4 Å². The fraction of sp³-hybridized carbons (Fsp3) is 0.235. The number of hydrogen-bond donors (Lipinski definition) is 0. The van der Waals surface area contributed by atoms with Crippen LogP contribution in [0.2, 0.25) is 0 Å². The molecule has 0 aliphatic heterocycles. The second-order valence-electron chi connectivity index (χ2n) is 4.66. The summed E-state index contributed by atoms with van der Waals surface area (Å²) in [5, 5.41) is 0. The number of rotatable bonds is 6. The van der Waals surface area contributed by atoms with E-state index in [1.807, 2.05) is 19.1 Å². The Morgan fingerprint density at radius 3 is 2.67 bits per heavy atom. The molecule has 0 spiro atoms. The average Bonchev–Trinajstić information content (AvgIpc) is 2.46. The van der Waals surface area contributed by atoms with Gasteiger partial charge in [-0.15, -0.1) is 0 Å². The van der Waals surface area contributed by atoms with Crippen LogP contribution >= 0.6 is 22.6 Å². The van der Waals surface area contributed by atoms with Crippen molar-refractivity contribution in [1.82, 2.24) is 0 Å². The molecule has 2 rings (SSSR count). The van der Waals surface area contributed by atoms with Gasteiger partial charge in [-0.2, -0.15) is 0 Å². The number of aryl methyl sites for hydroxylation is 1. The van der Waals surface area contributed by atoms with Crippen LogP contribution in [0, 0.1) is 10.5 Å². The molecular weight excluding hydrogens is 379 g/mol. The van der Waals surface area contributed by atoms with Crippen molar-refractivity contribution in [2.24, 2.45) is 0 Å². The standard InChI is InChI=1S/C17H17IO3/c1-3-20-16-9-14(10-19)8-15(18)17(16)21-11-13-6-4-5-12(2)7-13/h4-10H,3,11H2,1-2H3. The van der Waals surface area contributed by atoms with Crippen LogP contribution in [0.5, 0.6) is 11.5 Å². The first-order valence-electron chi connectivity index (χ1n) is 6.74. The van der Waals surface area contributed by atoms with Crippen molar-refractivity contribution in [2.45, 2.75) is 20.5 Å². The lowest BCUT2D eigenvalue weighted by molar-refractivity contribution is 0.112. The minimum Gasteiger partial charge on any atom is -0.490 e. The molecular formula is C17H17IO3. The van der Waals surface area contributed by atoms with Crippen LogP contribution in [0.4, 0.5) is 0 Å².